The first-order chi connectivity index (χ1) is 15.1. The maximum absolute atomic E-state index is 14.0. The molecule has 3 aromatic carbocycles. The second kappa shape index (κ2) is 7.85. The van der Waals surface area contributed by atoms with Crippen LogP contribution in [0.3, 0.4) is 0 Å². The first-order valence-electron chi connectivity index (χ1n) is 9.48. The number of carbonyl (C=O) groups excluding carboxylic acids is 1. The van der Waals surface area contributed by atoms with Gasteiger partial charge in [-0.2, -0.15) is 5.10 Å². The number of benzene rings is 3. The third-order valence-corrected chi connectivity index (χ3v) is 5.56. The molecule has 0 aliphatic rings. The number of rotatable bonds is 4. The highest BCUT2D eigenvalue weighted by Gasteiger charge is 2.24. The minimum atomic E-state index is -0.439. The first-order valence-corrected chi connectivity index (χ1v) is 10.3. The van der Waals surface area contributed by atoms with E-state index in [4.69, 9.17) is 4.42 Å². The molecule has 0 spiro atoms. The van der Waals surface area contributed by atoms with Crippen molar-refractivity contribution < 1.29 is 13.6 Å². The van der Waals surface area contributed by atoms with E-state index in [1.807, 2.05) is 48.5 Å². The molecule has 0 bridgehead atoms. The van der Waals surface area contributed by atoms with E-state index in [1.165, 1.54) is 18.2 Å². The second-order valence-electron chi connectivity index (χ2n) is 6.89. The molecule has 31 heavy (non-hydrogen) atoms. The highest BCUT2D eigenvalue weighted by atomic mass is 79.9. The third kappa shape index (κ3) is 3.64. The number of hydrogen-bond acceptors (Lipinski definition) is 3. The second-order valence-corrected chi connectivity index (χ2v) is 7.74. The summed E-state index contributed by atoms with van der Waals surface area (Å²) in [5.74, 6) is -0.766. The third-order valence-electron chi connectivity index (χ3n) is 4.87. The molecule has 2 aromatic heterocycles. The first kappa shape index (κ1) is 19.3. The van der Waals surface area contributed by atoms with E-state index < -0.39 is 11.7 Å². The van der Waals surface area contributed by atoms with Crippen molar-refractivity contribution in [3.05, 3.63) is 101 Å². The molecule has 0 aliphatic carbocycles. The molecule has 0 aliphatic heterocycles. The number of fused-ring (bicyclic) bond motifs is 1. The number of amides is 1. The summed E-state index contributed by atoms with van der Waals surface area (Å²) in [6.45, 7) is 0. The molecule has 0 saturated carbocycles. The Bertz CT molecular complexity index is 1410. The van der Waals surface area contributed by atoms with Crippen molar-refractivity contribution in [2.45, 2.75) is 0 Å². The SMILES string of the molecule is O=C(Nc1ccccc1Br)c1oc2ccc(F)cc2c1-c1cnn(-c2ccccc2)c1. The molecule has 0 saturated heterocycles. The van der Waals surface area contributed by atoms with E-state index in [2.05, 4.69) is 26.3 Å². The zero-order valence-electron chi connectivity index (χ0n) is 16.0. The molecule has 0 atom stereocenters. The molecule has 1 N–H and O–H groups in total. The van der Waals surface area contributed by atoms with Crippen LogP contribution in [0.25, 0.3) is 27.8 Å². The summed E-state index contributed by atoms with van der Waals surface area (Å²) in [6, 6.07) is 21.1. The van der Waals surface area contributed by atoms with Crippen molar-refractivity contribution in [3.8, 4) is 16.8 Å². The van der Waals surface area contributed by atoms with Crippen LogP contribution in [0, 0.1) is 5.82 Å². The van der Waals surface area contributed by atoms with Crippen molar-refractivity contribution >= 4 is 38.5 Å². The van der Waals surface area contributed by atoms with Crippen molar-refractivity contribution in [1.82, 2.24) is 9.78 Å². The normalized spacial score (nSPS) is 11.0. The molecule has 152 valence electrons. The fourth-order valence-electron chi connectivity index (χ4n) is 3.43. The van der Waals surface area contributed by atoms with Gasteiger partial charge in [0, 0.05) is 27.2 Å². The van der Waals surface area contributed by atoms with Crippen LogP contribution >= 0.6 is 15.9 Å². The summed E-state index contributed by atoms with van der Waals surface area (Å²) in [4.78, 5) is 13.1. The molecule has 1 amide bonds. The predicted octanol–water partition coefficient (Wildman–Crippen LogP) is 6.44. The van der Waals surface area contributed by atoms with Gasteiger partial charge in [-0.25, -0.2) is 9.07 Å². The number of furan rings is 1. The van der Waals surface area contributed by atoms with Crippen LogP contribution in [-0.4, -0.2) is 15.7 Å². The Labute approximate surface area is 185 Å². The number of hydrogen-bond donors (Lipinski definition) is 1. The minimum absolute atomic E-state index is 0.0870. The van der Waals surface area contributed by atoms with Crippen LogP contribution < -0.4 is 5.32 Å². The van der Waals surface area contributed by atoms with E-state index in [0.29, 0.717) is 27.8 Å². The average molecular weight is 476 g/mol. The topological polar surface area (TPSA) is 60.1 Å². The van der Waals surface area contributed by atoms with Gasteiger partial charge < -0.3 is 9.73 Å². The zero-order chi connectivity index (χ0) is 21.4. The van der Waals surface area contributed by atoms with Crippen LogP contribution in [-0.2, 0) is 0 Å². The van der Waals surface area contributed by atoms with Gasteiger partial charge in [0.1, 0.15) is 11.4 Å². The molecule has 0 radical (unpaired) electrons. The average Bonchev–Trinajstić information content (AvgIpc) is 3.40. The number of halogens is 2. The minimum Gasteiger partial charge on any atom is -0.450 e. The standard InChI is InChI=1S/C24H15BrFN3O2/c25-19-8-4-5-9-20(19)28-24(30)23-22(18-12-16(26)10-11-21(18)31-23)15-13-27-29(14-15)17-6-2-1-3-7-17/h1-14H,(H,28,30). The fourth-order valence-corrected chi connectivity index (χ4v) is 3.82. The predicted molar refractivity (Wildman–Crippen MR) is 121 cm³/mol. The van der Waals surface area contributed by atoms with Crippen LogP contribution in [0.5, 0.6) is 0 Å². The number of para-hydroxylation sites is 2. The van der Waals surface area contributed by atoms with E-state index in [9.17, 15) is 9.18 Å². The van der Waals surface area contributed by atoms with Gasteiger partial charge >= 0.3 is 0 Å². The Balaban J connectivity index is 1.63. The summed E-state index contributed by atoms with van der Waals surface area (Å²) in [5.41, 5.74) is 3.02. The van der Waals surface area contributed by atoms with Gasteiger partial charge in [0.15, 0.2) is 0 Å². The molecule has 5 rings (SSSR count). The molecule has 7 heteroatoms. The Morgan fingerprint density at radius 2 is 1.81 bits per heavy atom. The zero-order valence-corrected chi connectivity index (χ0v) is 17.6. The maximum atomic E-state index is 14.0. The lowest BCUT2D eigenvalue weighted by atomic mass is 10.0. The van der Waals surface area contributed by atoms with E-state index >= 15 is 0 Å². The van der Waals surface area contributed by atoms with Gasteiger partial charge in [-0.3, -0.25) is 4.79 Å². The summed E-state index contributed by atoms with van der Waals surface area (Å²) in [6.07, 6.45) is 3.43. The lowest BCUT2D eigenvalue weighted by Crippen LogP contribution is -2.12. The van der Waals surface area contributed by atoms with Crippen LogP contribution in [0.15, 0.2) is 94.1 Å². The number of nitrogens with zero attached hydrogens (tertiary/aromatic N) is 2. The van der Waals surface area contributed by atoms with Gasteiger partial charge in [-0.1, -0.05) is 30.3 Å². The monoisotopic (exact) mass is 475 g/mol. The number of anilines is 1. The summed E-state index contributed by atoms with van der Waals surface area (Å²) in [5, 5.41) is 7.77. The van der Waals surface area contributed by atoms with E-state index in [-0.39, 0.29) is 5.76 Å². The van der Waals surface area contributed by atoms with Gasteiger partial charge in [-0.05, 0) is 58.4 Å². The number of carbonyl (C=O) groups is 1. The Kier molecular flexibility index (Phi) is 4.88. The number of nitrogens with one attached hydrogen (secondary N) is 1. The molecule has 0 fully saturated rings. The van der Waals surface area contributed by atoms with Crippen LogP contribution in [0.4, 0.5) is 10.1 Å². The fraction of sp³-hybridized carbons (Fsp3) is 0. The van der Waals surface area contributed by atoms with Crippen LogP contribution in [0.1, 0.15) is 10.6 Å². The van der Waals surface area contributed by atoms with Crippen molar-refractivity contribution in [3.63, 3.8) is 0 Å². The Morgan fingerprint density at radius 3 is 2.61 bits per heavy atom. The summed E-state index contributed by atoms with van der Waals surface area (Å²) in [7, 11) is 0. The van der Waals surface area contributed by atoms with E-state index in [1.54, 1.807) is 23.1 Å². The summed E-state index contributed by atoms with van der Waals surface area (Å²) >= 11 is 3.43. The Morgan fingerprint density at radius 1 is 1.03 bits per heavy atom. The largest absolute Gasteiger partial charge is 0.450 e. The van der Waals surface area contributed by atoms with Crippen LogP contribution in [0.2, 0.25) is 0 Å². The smallest absolute Gasteiger partial charge is 0.292 e. The Hall–Kier alpha value is -3.71. The van der Waals surface area contributed by atoms with E-state index in [0.717, 1.165) is 10.2 Å². The van der Waals surface area contributed by atoms with Crippen molar-refractivity contribution in [2.75, 3.05) is 5.32 Å². The number of aromatic nitrogens is 2. The lowest BCUT2D eigenvalue weighted by Gasteiger charge is -2.06. The van der Waals surface area contributed by atoms with Crippen molar-refractivity contribution in [1.29, 1.82) is 0 Å². The highest BCUT2D eigenvalue weighted by Crippen LogP contribution is 2.36. The van der Waals surface area contributed by atoms with Gasteiger partial charge in [0.25, 0.3) is 5.91 Å². The molecular weight excluding hydrogens is 461 g/mol. The lowest BCUT2D eigenvalue weighted by molar-refractivity contribution is 0.0999. The van der Waals surface area contributed by atoms with Crippen molar-refractivity contribution in [2.24, 2.45) is 0 Å². The van der Waals surface area contributed by atoms with Gasteiger partial charge in [0.2, 0.25) is 5.76 Å². The molecule has 5 nitrogen and oxygen atoms in total. The maximum Gasteiger partial charge on any atom is 0.292 e. The highest BCUT2D eigenvalue weighted by molar-refractivity contribution is 9.10. The summed E-state index contributed by atoms with van der Waals surface area (Å²) < 4.78 is 22.3. The molecule has 0 unspecified atom stereocenters. The molecular formula is C24H15BrFN3O2. The molecule has 5 aromatic rings. The quantitative estimate of drug-likeness (QED) is 0.325. The van der Waals surface area contributed by atoms with Gasteiger partial charge in [0.05, 0.1) is 17.6 Å². The molecule has 2 heterocycles. The van der Waals surface area contributed by atoms with Gasteiger partial charge in [-0.15, -0.1) is 0 Å².